The second kappa shape index (κ2) is 3.42. The number of nitrogens with one attached hydrogen (secondary N) is 1. The first-order chi connectivity index (χ1) is 7.77. The van der Waals surface area contributed by atoms with Gasteiger partial charge >= 0.3 is 0 Å². The van der Waals surface area contributed by atoms with E-state index >= 15 is 0 Å². The molecule has 4 heteroatoms. The molecule has 1 aromatic carbocycles. The highest BCUT2D eigenvalue weighted by atomic mass is 32.1. The molecule has 0 atom stereocenters. The average Bonchev–Trinajstić information content (AvgIpc) is 2.86. The average molecular weight is 229 g/mol. The van der Waals surface area contributed by atoms with E-state index in [4.69, 9.17) is 0 Å². The standard InChI is InChI=1S/C12H11N3S/c1-7-11(8(2)15-14-7)9-4-3-5-10-12(9)16-6-13-10/h3-6H,1-2H3,(H,14,15). The van der Waals surface area contributed by atoms with Crippen LogP contribution in [0.3, 0.4) is 0 Å². The quantitative estimate of drug-likeness (QED) is 0.695. The number of rotatable bonds is 1. The summed E-state index contributed by atoms with van der Waals surface area (Å²) in [6.07, 6.45) is 0. The van der Waals surface area contributed by atoms with Gasteiger partial charge in [0.25, 0.3) is 0 Å². The third kappa shape index (κ3) is 1.27. The summed E-state index contributed by atoms with van der Waals surface area (Å²) in [5.74, 6) is 0. The van der Waals surface area contributed by atoms with E-state index in [0.717, 1.165) is 16.9 Å². The number of hydrogen-bond donors (Lipinski definition) is 1. The monoisotopic (exact) mass is 229 g/mol. The van der Waals surface area contributed by atoms with Crippen molar-refractivity contribution < 1.29 is 0 Å². The molecule has 2 heterocycles. The van der Waals surface area contributed by atoms with E-state index in [2.05, 4.69) is 28.2 Å². The molecule has 3 rings (SSSR count). The molecule has 0 spiro atoms. The first-order valence-corrected chi connectivity index (χ1v) is 5.99. The molecule has 0 bridgehead atoms. The molecule has 0 saturated carbocycles. The Bertz CT molecular complexity index is 632. The lowest BCUT2D eigenvalue weighted by Crippen LogP contribution is -1.82. The minimum atomic E-state index is 1.04. The zero-order valence-corrected chi connectivity index (χ0v) is 9.93. The molecule has 0 aliphatic rings. The van der Waals surface area contributed by atoms with Gasteiger partial charge in [0.2, 0.25) is 0 Å². The molecule has 0 fully saturated rings. The number of nitrogens with zero attached hydrogens (tertiary/aromatic N) is 2. The van der Waals surface area contributed by atoms with Gasteiger partial charge in [0.05, 0.1) is 21.4 Å². The molecule has 0 saturated heterocycles. The van der Waals surface area contributed by atoms with Crippen LogP contribution >= 0.6 is 11.3 Å². The fourth-order valence-corrected chi connectivity index (χ4v) is 2.84. The second-order valence-electron chi connectivity index (χ2n) is 3.82. The van der Waals surface area contributed by atoms with Crippen LogP contribution in [0.15, 0.2) is 23.7 Å². The van der Waals surface area contributed by atoms with Crippen molar-refractivity contribution in [1.29, 1.82) is 0 Å². The molecular formula is C12H11N3S. The van der Waals surface area contributed by atoms with E-state index in [9.17, 15) is 0 Å². The normalized spacial score (nSPS) is 11.1. The molecule has 0 aliphatic heterocycles. The summed E-state index contributed by atoms with van der Waals surface area (Å²) in [5.41, 5.74) is 7.52. The van der Waals surface area contributed by atoms with Gasteiger partial charge in [-0.1, -0.05) is 12.1 Å². The topological polar surface area (TPSA) is 41.6 Å². The van der Waals surface area contributed by atoms with E-state index in [1.165, 1.54) is 15.8 Å². The fraction of sp³-hybridized carbons (Fsp3) is 0.167. The van der Waals surface area contributed by atoms with Gasteiger partial charge in [-0.15, -0.1) is 11.3 Å². The predicted molar refractivity (Wildman–Crippen MR) is 66.7 cm³/mol. The minimum absolute atomic E-state index is 1.04. The molecule has 80 valence electrons. The molecule has 0 radical (unpaired) electrons. The van der Waals surface area contributed by atoms with Gasteiger partial charge < -0.3 is 0 Å². The van der Waals surface area contributed by atoms with Crippen LogP contribution in [0, 0.1) is 13.8 Å². The Morgan fingerprint density at radius 3 is 2.88 bits per heavy atom. The largest absolute Gasteiger partial charge is 0.282 e. The van der Waals surface area contributed by atoms with E-state index in [-0.39, 0.29) is 0 Å². The van der Waals surface area contributed by atoms with E-state index < -0.39 is 0 Å². The van der Waals surface area contributed by atoms with Gasteiger partial charge in [0, 0.05) is 16.8 Å². The van der Waals surface area contributed by atoms with Crippen molar-refractivity contribution in [2.75, 3.05) is 0 Å². The Hall–Kier alpha value is -1.68. The summed E-state index contributed by atoms with van der Waals surface area (Å²) < 4.78 is 1.23. The molecule has 16 heavy (non-hydrogen) atoms. The van der Waals surface area contributed by atoms with Crippen LogP contribution in [0.1, 0.15) is 11.4 Å². The van der Waals surface area contributed by atoms with Crippen LogP contribution in [0.25, 0.3) is 21.3 Å². The summed E-state index contributed by atoms with van der Waals surface area (Å²) in [6.45, 7) is 4.08. The number of aryl methyl sites for hydroxylation is 2. The molecule has 1 N–H and O–H groups in total. The highest BCUT2D eigenvalue weighted by Crippen LogP contribution is 2.33. The van der Waals surface area contributed by atoms with E-state index in [0.29, 0.717) is 0 Å². The smallest absolute Gasteiger partial charge is 0.0818 e. The number of hydrogen-bond acceptors (Lipinski definition) is 3. The van der Waals surface area contributed by atoms with Crippen LogP contribution in [0.2, 0.25) is 0 Å². The Labute approximate surface area is 97.2 Å². The number of fused-ring (bicyclic) bond motifs is 1. The summed E-state index contributed by atoms with van der Waals surface area (Å²) in [7, 11) is 0. The van der Waals surface area contributed by atoms with Crippen molar-refractivity contribution in [3.05, 3.63) is 35.1 Å². The van der Waals surface area contributed by atoms with Crippen molar-refractivity contribution in [3.63, 3.8) is 0 Å². The maximum Gasteiger partial charge on any atom is 0.0818 e. The molecule has 0 amide bonds. The summed E-state index contributed by atoms with van der Waals surface area (Å²) in [4.78, 5) is 4.34. The van der Waals surface area contributed by atoms with Crippen molar-refractivity contribution in [1.82, 2.24) is 15.2 Å². The number of H-pyrrole nitrogens is 1. The lowest BCUT2D eigenvalue weighted by molar-refractivity contribution is 1.02. The minimum Gasteiger partial charge on any atom is -0.282 e. The molecule has 3 nitrogen and oxygen atoms in total. The lowest BCUT2D eigenvalue weighted by atomic mass is 10.0. The Kier molecular flexibility index (Phi) is 2.04. The first kappa shape index (κ1) is 9.54. The maximum atomic E-state index is 4.34. The van der Waals surface area contributed by atoms with Gasteiger partial charge in [-0.3, -0.25) is 5.10 Å². The third-order valence-corrected chi connectivity index (χ3v) is 3.63. The summed E-state index contributed by atoms with van der Waals surface area (Å²) in [6, 6.07) is 6.22. The van der Waals surface area contributed by atoms with E-state index in [1.54, 1.807) is 11.3 Å². The van der Waals surface area contributed by atoms with Crippen LogP contribution in [-0.2, 0) is 0 Å². The molecule has 2 aromatic heterocycles. The Balaban J connectivity index is 2.38. The highest BCUT2D eigenvalue weighted by Gasteiger charge is 2.12. The number of aromatic nitrogens is 3. The SMILES string of the molecule is Cc1n[nH]c(C)c1-c1cccc2ncsc12. The van der Waals surface area contributed by atoms with Gasteiger partial charge in [-0.2, -0.15) is 5.10 Å². The maximum absolute atomic E-state index is 4.34. The summed E-state index contributed by atoms with van der Waals surface area (Å²) in [5, 5.41) is 7.27. The Morgan fingerprint density at radius 1 is 1.25 bits per heavy atom. The predicted octanol–water partition coefficient (Wildman–Crippen LogP) is 3.30. The zero-order valence-electron chi connectivity index (χ0n) is 9.11. The van der Waals surface area contributed by atoms with Crippen molar-refractivity contribution in [2.24, 2.45) is 0 Å². The second-order valence-corrected chi connectivity index (χ2v) is 4.67. The van der Waals surface area contributed by atoms with Crippen molar-refractivity contribution >= 4 is 21.6 Å². The first-order valence-electron chi connectivity index (χ1n) is 5.11. The molecule has 0 aliphatic carbocycles. The van der Waals surface area contributed by atoms with Gasteiger partial charge in [-0.25, -0.2) is 4.98 Å². The Morgan fingerprint density at radius 2 is 2.12 bits per heavy atom. The van der Waals surface area contributed by atoms with E-state index in [1.807, 2.05) is 24.6 Å². The van der Waals surface area contributed by atoms with Crippen LogP contribution < -0.4 is 0 Å². The number of thiazole rings is 1. The number of aromatic amines is 1. The van der Waals surface area contributed by atoms with Crippen LogP contribution in [-0.4, -0.2) is 15.2 Å². The van der Waals surface area contributed by atoms with Crippen LogP contribution in [0.4, 0.5) is 0 Å². The zero-order chi connectivity index (χ0) is 11.1. The number of benzene rings is 1. The summed E-state index contributed by atoms with van der Waals surface area (Å²) >= 11 is 1.68. The molecule has 0 unspecified atom stereocenters. The van der Waals surface area contributed by atoms with Gasteiger partial charge in [0.15, 0.2) is 0 Å². The molecule has 3 aromatic rings. The van der Waals surface area contributed by atoms with Crippen LogP contribution in [0.5, 0.6) is 0 Å². The molecular weight excluding hydrogens is 218 g/mol. The highest BCUT2D eigenvalue weighted by molar-refractivity contribution is 7.17. The fourth-order valence-electron chi connectivity index (χ4n) is 2.03. The van der Waals surface area contributed by atoms with Crippen molar-refractivity contribution in [2.45, 2.75) is 13.8 Å². The van der Waals surface area contributed by atoms with Gasteiger partial charge in [0.1, 0.15) is 0 Å². The lowest BCUT2D eigenvalue weighted by Gasteiger charge is -2.02. The third-order valence-electron chi connectivity index (χ3n) is 2.75. The van der Waals surface area contributed by atoms with Crippen molar-refractivity contribution in [3.8, 4) is 11.1 Å². The van der Waals surface area contributed by atoms with Gasteiger partial charge in [-0.05, 0) is 19.9 Å².